The Morgan fingerprint density at radius 3 is 2.69 bits per heavy atom. The minimum absolute atomic E-state index is 0.0240. The third-order valence-electron chi connectivity index (χ3n) is 9.00. The van der Waals surface area contributed by atoms with Gasteiger partial charge in [-0.15, -0.1) is 11.3 Å². The maximum Gasteiger partial charge on any atom is 0.398 e. The van der Waals surface area contributed by atoms with Gasteiger partial charge in [0.2, 0.25) is 0 Å². The van der Waals surface area contributed by atoms with Crippen LogP contribution in [0.3, 0.4) is 0 Å². The van der Waals surface area contributed by atoms with Crippen LogP contribution in [0, 0.1) is 11.3 Å². The third kappa shape index (κ3) is 4.86. The van der Waals surface area contributed by atoms with E-state index in [2.05, 4.69) is 21.5 Å². The van der Waals surface area contributed by atoms with E-state index in [1.54, 1.807) is 35.4 Å². The lowest BCUT2D eigenvalue weighted by molar-refractivity contribution is -0.160. The molecule has 2 atom stereocenters. The predicted octanol–water partition coefficient (Wildman–Crippen LogP) is 3.87. The molecule has 0 radical (unpaired) electrons. The molecule has 1 aliphatic carbocycles. The molecular weight excluding hydrogens is 609 g/mol. The highest BCUT2D eigenvalue weighted by atomic mass is 32.1. The number of aliphatic hydroxyl groups is 1. The number of aromatic nitrogens is 3. The van der Waals surface area contributed by atoms with Crippen LogP contribution < -0.4 is 20.5 Å². The van der Waals surface area contributed by atoms with Crippen molar-refractivity contribution in [1.82, 2.24) is 20.1 Å². The first-order chi connectivity index (χ1) is 21.4. The molecule has 4 aromatic rings. The number of amides is 1. The molecule has 1 amide bonds. The number of pyridine rings is 1. The summed E-state index contributed by atoms with van der Waals surface area (Å²) < 4.78 is 48.5. The number of rotatable bonds is 6. The second-order valence-corrected chi connectivity index (χ2v) is 13.2. The summed E-state index contributed by atoms with van der Waals surface area (Å²) in [5, 5.41) is 27.1. The zero-order valence-electron chi connectivity index (χ0n) is 24.0. The molecule has 45 heavy (non-hydrogen) atoms. The second kappa shape index (κ2) is 10.4. The van der Waals surface area contributed by atoms with Gasteiger partial charge in [0.05, 0.1) is 58.3 Å². The molecule has 5 heterocycles. The standard InChI is InChI=1S/C31H27F3N6O4S/c1-29(16-41)10-19(13-37-29)40-26(43)15-44-24-7-17(11-35)6-22(27(24)40)21-2-5-36-23-9-20(45-28(21)23)14-39-25(42)8-18(12-38-39)30(3-4-30)31(32,33)34/h2,5-9,12,19,37,41H,3-4,10,13-16H2,1H3/t19-,29+/m0/s1. The van der Waals surface area contributed by atoms with E-state index in [1.807, 2.05) is 6.92 Å². The average molecular weight is 637 g/mol. The Hall–Kier alpha value is -4.32. The first-order valence-corrected chi connectivity index (χ1v) is 15.2. The molecule has 0 spiro atoms. The molecule has 3 aliphatic rings. The molecule has 3 aromatic heterocycles. The molecular formula is C31H27F3N6O4S. The SMILES string of the molecule is C[C@]1(CO)C[C@H](N2C(=O)COc3cc(C#N)cc(-c4ccnc5cc(Cn6ncc(C7(C(F)(F)F)CC7)cc6=O)sc45)c32)CN1. The number of nitrogens with zero attached hydrogens (tertiary/aromatic N) is 5. The van der Waals surface area contributed by atoms with Crippen LogP contribution in [0.5, 0.6) is 5.75 Å². The van der Waals surface area contributed by atoms with Gasteiger partial charge in [-0.2, -0.15) is 23.5 Å². The third-order valence-corrected chi connectivity index (χ3v) is 10.1. The number of hydrogen-bond donors (Lipinski definition) is 2. The van der Waals surface area contributed by atoms with Gasteiger partial charge in [-0.3, -0.25) is 14.6 Å². The van der Waals surface area contributed by atoms with Crippen molar-refractivity contribution in [3.8, 4) is 22.9 Å². The van der Waals surface area contributed by atoms with Gasteiger partial charge in [0.15, 0.2) is 6.61 Å². The number of benzene rings is 1. The predicted molar refractivity (Wildman–Crippen MR) is 159 cm³/mol. The molecule has 0 bridgehead atoms. The molecule has 10 nitrogen and oxygen atoms in total. The Kier molecular flexibility index (Phi) is 6.77. The number of carbonyl (C=O) groups is 1. The van der Waals surface area contributed by atoms with Crippen molar-refractivity contribution in [2.75, 3.05) is 24.7 Å². The summed E-state index contributed by atoms with van der Waals surface area (Å²) in [5.41, 5.74) is -0.534. The lowest BCUT2D eigenvalue weighted by Gasteiger charge is -2.36. The van der Waals surface area contributed by atoms with Gasteiger partial charge in [-0.1, -0.05) is 0 Å². The molecule has 7 rings (SSSR count). The quantitative estimate of drug-likeness (QED) is 0.326. The summed E-state index contributed by atoms with van der Waals surface area (Å²) in [4.78, 5) is 33.1. The maximum absolute atomic E-state index is 13.6. The molecule has 1 aromatic carbocycles. The van der Waals surface area contributed by atoms with Crippen molar-refractivity contribution in [2.45, 2.75) is 55.9 Å². The number of hydrogen-bond acceptors (Lipinski definition) is 9. The summed E-state index contributed by atoms with van der Waals surface area (Å²) in [6.45, 7) is 2.10. The summed E-state index contributed by atoms with van der Waals surface area (Å²) in [6, 6.07) is 9.81. The largest absolute Gasteiger partial charge is 0.481 e. The highest BCUT2D eigenvalue weighted by Gasteiger charge is 2.64. The van der Waals surface area contributed by atoms with Crippen LogP contribution in [0.4, 0.5) is 18.9 Å². The Bertz CT molecular complexity index is 1960. The zero-order chi connectivity index (χ0) is 31.7. The Morgan fingerprint density at radius 1 is 1.22 bits per heavy atom. The number of ether oxygens (including phenoxy) is 1. The van der Waals surface area contributed by atoms with E-state index in [9.17, 15) is 33.1 Å². The topological polar surface area (TPSA) is 133 Å². The number of aliphatic hydroxyl groups excluding tert-OH is 1. The lowest BCUT2D eigenvalue weighted by Crippen LogP contribution is -2.47. The zero-order valence-corrected chi connectivity index (χ0v) is 24.8. The van der Waals surface area contributed by atoms with Crippen LogP contribution in [0.2, 0.25) is 0 Å². The number of alkyl halides is 3. The van der Waals surface area contributed by atoms with Crippen LogP contribution in [0.25, 0.3) is 21.3 Å². The highest BCUT2D eigenvalue weighted by molar-refractivity contribution is 7.19. The molecule has 2 aliphatic heterocycles. The molecule has 1 saturated heterocycles. The summed E-state index contributed by atoms with van der Waals surface area (Å²) in [5.74, 6) is 0.151. The monoisotopic (exact) mass is 636 g/mol. The van der Waals surface area contributed by atoms with Crippen LogP contribution in [-0.2, 0) is 16.8 Å². The summed E-state index contributed by atoms with van der Waals surface area (Å²) in [6.07, 6.45) is -1.32. The number of halogens is 3. The van der Waals surface area contributed by atoms with Crippen molar-refractivity contribution >= 4 is 33.1 Å². The van der Waals surface area contributed by atoms with Crippen LogP contribution in [-0.4, -0.2) is 63.3 Å². The van der Waals surface area contributed by atoms with E-state index in [1.165, 1.54) is 11.3 Å². The van der Waals surface area contributed by atoms with Crippen molar-refractivity contribution in [3.63, 3.8) is 0 Å². The molecule has 232 valence electrons. The van der Waals surface area contributed by atoms with Crippen molar-refractivity contribution in [2.24, 2.45) is 0 Å². The molecule has 2 fully saturated rings. The number of fused-ring (bicyclic) bond motifs is 2. The number of nitriles is 1. The number of nitrogens with one attached hydrogen (secondary N) is 1. The van der Waals surface area contributed by atoms with Crippen LogP contribution >= 0.6 is 11.3 Å². The fourth-order valence-electron chi connectivity index (χ4n) is 6.39. The van der Waals surface area contributed by atoms with Gasteiger partial charge in [0.25, 0.3) is 11.5 Å². The van der Waals surface area contributed by atoms with Gasteiger partial charge < -0.3 is 20.1 Å². The maximum atomic E-state index is 13.6. The number of anilines is 1. The minimum Gasteiger partial charge on any atom is -0.481 e. The van der Waals surface area contributed by atoms with Gasteiger partial charge in [-0.25, -0.2) is 4.68 Å². The van der Waals surface area contributed by atoms with Crippen LogP contribution in [0.1, 0.15) is 42.2 Å². The smallest absolute Gasteiger partial charge is 0.398 e. The Balaban J connectivity index is 1.28. The first-order valence-electron chi connectivity index (χ1n) is 14.4. The van der Waals surface area contributed by atoms with Crippen LogP contribution in [0.15, 0.2) is 47.5 Å². The molecule has 0 unspecified atom stereocenters. The van der Waals surface area contributed by atoms with Gasteiger partial charge >= 0.3 is 6.18 Å². The van der Waals surface area contributed by atoms with Gasteiger partial charge in [-0.05, 0) is 49.9 Å². The summed E-state index contributed by atoms with van der Waals surface area (Å²) >= 11 is 1.34. The van der Waals surface area contributed by atoms with E-state index in [0.29, 0.717) is 51.5 Å². The molecule has 2 N–H and O–H groups in total. The van der Waals surface area contributed by atoms with E-state index in [4.69, 9.17) is 4.74 Å². The van der Waals surface area contributed by atoms with Crippen molar-refractivity contribution < 1.29 is 27.8 Å². The number of thiophene rings is 1. The Morgan fingerprint density at radius 2 is 2.02 bits per heavy atom. The minimum atomic E-state index is -4.44. The van der Waals surface area contributed by atoms with Gasteiger partial charge in [0, 0.05) is 46.4 Å². The molecule has 1 saturated carbocycles. The number of carbonyl (C=O) groups excluding carboxylic acids is 1. The lowest BCUT2D eigenvalue weighted by atomic mass is 9.95. The molecule has 14 heteroatoms. The van der Waals surface area contributed by atoms with Gasteiger partial charge in [0.1, 0.15) is 5.75 Å². The summed E-state index contributed by atoms with van der Waals surface area (Å²) in [7, 11) is 0. The first kappa shape index (κ1) is 29.4. The van der Waals surface area contributed by atoms with E-state index in [-0.39, 0.29) is 50.1 Å². The van der Waals surface area contributed by atoms with E-state index in [0.717, 1.165) is 21.6 Å². The van der Waals surface area contributed by atoms with E-state index >= 15 is 0 Å². The normalized spacial score (nSPS) is 22.3. The highest BCUT2D eigenvalue weighted by Crippen LogP contribution is 2.58. The fourth-order valence-corrected chi connectivity index (χ4v) is 7.51. The van der Waals surface area contributed by atoms with E-state index < -0.39 is 22.7 Å². The van der Waals surface area contributed by atoms with Crippen molar-refractivity contribution in [3.05, 3.63) is 69.1 Å². The van der Waals surface area contributed by atoms with Crippen molar-refractivity contribution in [1.29, 1.82) is 5.26 Å². The Labute approximate surface area is 258 Å². The second-order valence-electron chi connectivity index (χ2n) is 12.1. The fraction of sp³-hybridized carbons (Fsp3) is 0.387. The average Bonchev–Trinajstić information content (AvgIpc) is 3.61.